The molecule has 0 unspecified atom stereocenters. The van der Waals surface area contributed by atoms with Gasteiger partial charge in [0.15, 0.2) is 0 Å². The molecule has 5 nitrogen and oxygen atoms in total. The quantitative estimate of drug-likeness (QED) is 0.684. The lowest BCUT2D eigenvalue weighted by atomic mass is 10.1. The van der Waals surface area contributed by atoms with E-state index < -0.39 is 0 Å². The maximum absolute atomic E-state index is 12.0. The molecule has 6 heteroatoms. The molecule has 0 radical (unpaired) electrons. The summed E-state index contributed by atoms with van der Waals surface area (Å²) in [6.45, 7) is 6.09. The fourth-order valence-corrected chi connectivity index (χ4v) is 3.11. The molecule has 0 aliphatic carbocycles. The normalized spacial score (nSPS) is 10.7. The highest BCUT2D eigenvalue weighted by Gasteiger charge is 2.17. The lowest BCUT2D eigenvalue weighted by Gasteiger charge is -2.10. The lowest BCUT2D eigenvalue weighted by molar-refractivity contribution is 0.0525. The predicted molar refractivity (Wildman–Crippen MR) is 90.1 cm³/mol. The van der Waals surface area contributed by atoms with Crippen molar-refractivity contribution in [3.63, 3.8) is 0 Å². The van der Waals surface area contributed by atoms with E-state index >= 15 is 0 Å². The van der Waals surface area contributed by atoms with Crippen molar-refractivity contribution in [2.24, 2.45) is 0 Å². The largest absolute Gasteiger partial charge is 0.462 e. The van der Waals surface area contributed by atoms with Gasteiger partial charge >= 0.3 is 5.97 Å². The van der Waals surface area contributed by atoms with Gasteiger partial charge in [0.1, 0.15) is 5.69 Å². The first-order valence-electron chi connectivity index (χ1n) is 7.35. The van der Waals surface area contributed by atoms with Gasteiger partial charge in [-0.2, -0.15) is 0 Å². The minimum absolute atomic E-state index is 0.281. The van der Waals surface area contributed by atoms with Crippen molar-refractivity contribution < 1.29 is 9.53 Å². The highest BCUT2D eigenvalue weighted by molar-refractivity contribution is 7.03. The number of rotatable bonds is 4. The fourth-order valence-electron chi connectivity index (χ4n) is 2.65. The van der Waals surface area contributed by atoms with Gasteiger partial charge in [0.2, 0.25) is 0 Å². The molecule has 2 heterocycles. The molecule has 0 fully saturated rings. The molecule has 0 atom stereocenters. The molecule has 0 spiro atoms. The average molecular weight is 327 g/mol. The topological polar surface area (TPSA) is 57.0 Å². The molecule has 2 aromatic heterocycles. The van der Waals surface area contributed by atoms with E-state index in [1.54, 1.807) is 0 Å². The molecule has 0 bridgehead atoms. The number of benzene rings is 1. The van der Waals surface area contributed by atoms with Crippen LogP contribution in [-0.4, -0.2) is 26.7 Å². The molecule has 0 saturated heterocycles. The van der Waals surface area contributed by atoms with Crippen molar-refractivity contribution in [2.75, 3.05) is 6.61 Å². The summed E-state index contributed by atoms with van der Waals surface area (Å²) in [4.78, 5) is 12.0. The molecule has 0 amide bonds. The van der Waals surface area contributed by atoms with Crippen LogP contribution in [0.1, 0.15) is 28.7 Å². The van der Waals surface area contributed by atoms with E-state index in [0.717, 1.165) is 28.3 Å². The molecular weight excluding hydrogens is 310 g/mol. The fraction of sp³-hybridized carbons (Fsp3) is 0.235. The van der Waals surface area contributed by atoms with Crippen LogP contribution in [-0.2, 0) is 4.74 Å². The van der Waals surface area contributed by atoms with Crippen LogP contribution in [0.15, 0.2) is 35.7 Å². The third-order valence-corrected chi connectivity index (χ3v) is 4.21. The van der Waals surface area contributed by atoms with Crippen molar-refractivity contribution in [3.05, 3.63) is 52.7 Å². The van der Waals surface area contributed by atoms with E-state index in [0.29, 0.717) is 12.2 Å². The van der Waals surface area contributed by atoms with Gasteiger partial charge in [-0.3, -0.25) is 0 Å². The van der Waals surface area contributed by atoms with Crippen molar-refractivity contribution in [3.8, 4) is 16.9 Å². The summed E-state index contributed by atoms with van der Waals surface area (Å²) in [6, 6.07) is 9.92. The van der Waals surface area contributed by atoms with Crippen LogP contribution in [0.3, 0.4) is 0 Å². The van der Waals surface area contributed by atoms with Gasteiger partial charge < -0.3 is 9.30 Å². The number of aryl methyl sites for hydroxylation is 1. The molecular formula is C17H17N3O2S. The number of nitrogens with zero attached hydrogens (tertiary/aromatic N) is 3. The zero-order valence-corrected chi connectivity index (χ0v) is 14.1. The Morgan fingerprint density at radius 1 is 1.26 bits per heavy atom. The monoisotopic (exact) mass is 327 g/mol. The second-order valence-electron chi connectivity index (χ2n) is 5.18. The van der Waals surface area contributed by atoms with E-state index in [2.05, 4.69) is 14.2 Å². The summed E-state index contributed by atoms with van der Waals surface area (Å²) in [6.07, 6.45) is 0. The van der Waals surface area contributed by atoms with E-state index in [1.807, 2.05) is 56.5 Å². The number of carbonyl (C=O) groups is 1. The minimum Gasteiger partial charge on any atom is -0.462 e. The Kier molecular flexibility index (Phi) is 4.25. The third-order valence-electron chi connectivity index (χ3n) is 3.71. The molecule has 3 rings (SSSR count). The summed E-state index contributed by atoms with van der Waals surface area (Å²) in [5.41, 5.74) is 5.38. The van der Waals surface area contributed by atoms with Crippen molar-refractivity contribution in [1.29, 1.82) is 0 Å². The summed E-state index contributed by atoms with van der Waals surface area (Å²) in [5.74, 6) is -0.281. The molecule has 0 saturated carbocycles. The smallest absolute Gasteiger partial charge is 0.339 e. The first-order chi connectivity index (χ1) is 11.1. The van der Waals surface area contributed by atoms with Gasteiger partial charge in [-0.05, 0) is 50.5 Å². The molecule has 1 aromatic carbocycles. The summed E-state index contributed by atoms with van der Waals surface area (Å²) in [5, 5.41) is 5.99. The zero-order valence-electron chi connectivity index (χ0n) is 13.2. The number of hydrogen-bond acceptors (Lipinski definition) is 5. The number of esters is 1. The second kappa shape index (κ2) is 6.34. The Bertz CT molecular complexity index is 820. The van der Waals surface area contributed by atoms with Gasteiger partial charge in [0.05, 0.1) is 12.2 Å². The minimum atomic E-state index is -0.281. The van der Waals surface area contributed by atoms with E-state index in [1.165, 1.54) is 11.5 Å². The molecule has 0 N–H and O–H groups in total. The zero-order chi connectivity index (χ0) is 16.4. The predicted octanol–water partition coefficient (Wildman–Crippen LogP) is 3.79. The Morgan fingerprint density at radius 3 is 2.61 bits per heavy atom. The average Bonchev–Trinajstić information content (AvgIpc) is 3.16. The van der Waals surface area contributed by atoms with Crippen LogP contribution < -0.4 is 0 Å². The first-order valence-corrected chi connectivity index (χ1v) is 8.19. The summed E-state index contributed by atoms with van der Waals surface area (Å²) >= 11 is 1.33. The molecule has 0 aliphatic heterocycles. The number of hydrogen-bond donors (Lipinski definition) is 0. The van der Waals surface area contributed by atoms with Crippen LogP contribution >= 0.6 is 11.5 Å². The van der Waals surface area contributed by atoms with Crippen LogP contribution in [0.2, 0.25) is 0 Å². The highest BCUT2D eigenvalue weighted by Crippen LogP contribution is 2.24. The van der Waals surface area contributed by atoms with Crippen molar-refractivity contribution >= 4 is 17.5 Å². The summed E-state index contributed by atoms with van der Waals surface area (Å²) in [7, 11) is 0. The van der Waals surface area contributed by atoms with Crippen molar-refractivity contribution in [1.82, 2.24) is 14.2 Å². The Labute approximate surface area is 138 Å². The Balaban J connectivity index is 1.97. The Morgan fingerprint density at radius 2 is 2.00 bits per heavy atom. The standard InChI is InChI=1S/C17H17N3O2S/c1-4-22-17(21)15-9-11(2)20(12(15)3)14-7-5-13(6-8-14)16-10-23-19-18-16/h5-10H,4H2,1-3H3. The van der Waals surface area contributed by atoms with Gasteiger partial charge in [0, 0.05) is 28.0 Å². The first kappa shape index (κ1) is 15.4. The SMILES string of the molecule is CCOC(=O)c1cc(C)n(-c2ccc(-c3csnn3)cc2)c1C. The molecule has 23 heavy (non-hydrogen) atoms. The van der Waals surface area contributed by atoms with Crippen LogP contribution in [0.4, 0.5) is 0 Å². The van der Waals surface area contributed by atoms with Crippen LogP contribution in [0.25, 0.3) is 16.9 Å². The van der Waals surface area contributed by atoms with E-state index in [4.69, 9.17) is 4.74 Å². The maximum atomic E-state index is 12.0. The van der Waals surface area contributed by atoms with E-state index in [9.17, 15) is 4.79 Å². The third kappa shape index (κ3) is 2.90. The molecule has 118 valence electrons. The molecule has 0 aliphatic rings. The Hall–Kier alpha value is -2.47. The van der Waals surface area contributed by atoms with Gasteiger partial charge in [-0.15, -0.1) is 5.10 Å². The second-order valence-corrected chi connectivity index (χ2v) is 5.79. The number of ether oxygens (including phenoxy) is 1. The number of aromatic nitrogens is 3. The van der Waals surface area contributed by atoms with Crippen LogP contribution in [0, 0.1) is 13.8 Å². The van der Waals surface area contributed by atoms with Gasteiger partial charge in [0.25, 0.3) is 0 Å². The van der Waals surface area contributed by atoms with Gasteiger partial charge in [-0.1, -0.05) is 16.6 Å². The number of carbonyl (C=O) groups excluding carboxylic acids is 1. The lowest BCUT2D eigenvalue weighted by Crippen LogP contribution is -2.06. The van der Waals surface area contributed by atoms with E-state index in [-0.39, 0.29) is 5.97 Å². The summed E-state index contributed by atoms with van der Waals surface area (Å²) < 4.78 is 11.0. The molecule has 3 aromatic rings. The van der Waals surface area contributed by atoms with Crippen molar-refractivity contribution in [2.45, 2.75) is 20.8 Å². The van der Waals surface area contributed by atoms with Crippen LogP contribution in [0.5, 0.6) is 0 Å². The maximum Gasteiger partial charge on any atom is 0.339 e. The highest BCUT2D eigenvalue weighted by atomic mass is 32.1. The van der Waals surface area contributed by atoms with Gasteiger partial charge in [-0.25, -0.2) is 4.79 Å².